The molecule has 4 aromatic carbocycles. The van der Waals surface area contributed by atoms with Crippen LogP contribution in [0.4, 0.5) is 8.78 Å². The van der Waals surface area contributed by atoms with Crippen molar-refractivity contribution in [1.29, 1.82) is 0 Å². The van der Waals surface area contributed by atoms with Gasteiger partial charge >= 0.3 is 5.97 Å². The zero-order chi connectivity index (χ0) is 70.2. The minimum atomic E-state index is -1.90. The number of fused-ring (bicyclic) bond motifs is 5. The van der Waals surface area contributed by atoms with Crippen LogP contribution >= 0.6 is 23.5 Å². The van der Waals surface area contributed by atoms with Crippen LogP contribution in [0.1, 0.15) is 86.1 Å². The predicted octanol–water partition coefficient (Wildman–Crippen LogP) is 3.97. The number of carbonyl (C=O) groups is 11. The van der Waals surface area contributed by atoms with Gasteiger partial charge in [0.15, 0.2) is 11.6 Å². The van der Waals surface area contributed by atoms with Crippen LogP contribution in [-0.2, 0) is 83.5 Å². The molecule has 29 heteroatoms. The SMILES string of the molecule is C[C@@]12CCCN1C(=O)[C@H](Cc1ccc(O)cc1)NC(=O)[C@H](CC1=CN=CC1)CC(=O)[C@H](CC(=O)O)NC(=O)[C@H](Cc1c[nH]c3ccc(F)cc13)NC(=O)[C@H](Cc1c[nH]c3ccc(F)cc13)CC(=O)CNC(=O)[C@@H](CN)NC(=O)CCSCc1cccc(c1)CSC[C@@H](C(N)=O)NC2=O. The summed E-state index contributed by atoms with van der Waals surface area (Å²) in [4.78, 5) is 168. The van der Waals surface area contributed by atoms with E-state index in [9.17, 15) is 52.6 Å². The number of amides is 8. The number of nitrogens with two attached hydrogens (primary N) is 2. The molecule has 0 radical (unpaired) electrons. The molecule has 0 unspecified atom stereocenters. The van der Waals surface area contributed by atoms with Gasteiger partial charge in [0, 0.05) is 133 Å². The van der Waals surface area contributed by atoms with E-state index in [0.29, 0.717) is 56.8 Å². The molecule has 1 saturated heterocycles. The van der Waals surface area contributed by atoms with Gasteiger partial charge in [-0.15, -0.1) is 0 Å². The van der Waals surface area contributed by atoms with E-state index in [2.05, 4.69) is 46.9 Å². The van der Waals surface area contributed by atoms with Crippen molar-refractivity contribution in [1.82, 2.24) is 46.8 Å². The smallest absolute Gasteiger partial charge is 0.305 e. The minimum absolute atomic E-state index is 0.0123. The van der Waals surface area contributed by atoms with Gasteiger partial charge in [-0.2, -0.15) is 23.5 Å². The van der Waals surface area contributed by atoms with E-state index in [-0.39, 0.29) is 74.1 Å². The number of nitrogens with zero attached hydrogens (tertiary/aromatic N) is 2. The number of ketones is 2. The first-order valence-corrected chi connectivity index (χ1v) is 34.3. The fourth-order valence-corrected chi connectivity index (χ4v) is 14.2. The van der Waals surface area contributed by atoms with Gasteiger partial charge in [0.25, 0.3) is 0 Å². The summed E-state index contributed by atoms with van der Waals surface area (Å²) in [5, 5.41) is 37.1. The van der Waals surface area contributed by atoms with Gasteiger partial charge in [-0.3, -0.25) is 57.7 Å². The zero-order valence-electron chi connectivity index (χ0n) is 53.7. The van der Waals surface area contributed by atoms with Crippen molar-refractivity contribution in [3.63, 3.8) is 0 Å². The Morgan fingerprint density at radius 1 is 0.704 bits per heavy atom. The van der Waals surface area contributed by atoms with Crippen LogP contribution in [0.3, 0.4) is 0 Å². The quantitative estimate of drug-likeness (QED) is 0.0825. The molecule has 518 valence electrons. The van der Waals surface area contributed by atoms with Crippen molar-refractivity contribution in [2.24, 2.45) is 28.3 Å². The highest BCUT2D eigenvalue weighted by Crippen LogP contribution is 2.33. The lowest BCUT2D eigenvalue weighted by Crippen LogP contribution is -2.62. The van der Waals surface area contributed by atoms with E-state index in [1.165, 1.54) is 115 Å². The molecule has 8 atom stereocenters. The molecule has 0 spiro atoms. The number of aromatic amines is 2. The van der Waals surface area contributed by atoms with E-state index in [1.807, 2.05) is 24.3 Å². The van der Waals surface area contributed by atoms with Gasteiger partial charge in [-0.25, -0.2) is 8.78 Å². The Labute approximate surface area is 570 Å². The average Bonchev–Trinajstić information content (AvgIpc) is 1.58. The summed E-state index contributed by atoms with van der Waals surface area (Å²) < 4.78 is 29.7. The molecule has 2 bridgehead atoms. The highest BCUT2D eigenvalue weighted by Gasteiger charge is 2.49. The van der Waals surface area contributed by atoms with Gasteiger partial charge in [-0.1, -0.05) is 36.4 Å². The summed E-state index contributed by atoms with van der Waals surface area (Å²) in [5.74, 6) is -12.5. The molecule has 1 fully saturated rings. The highest BCUT2D eigenvalue weighted by atomic mass is 32.2. The predicted molar refractivity (Wildman–Crippen MR) is 364 cm³/mol. The third-order valence-electron chi connectivity index (χ3n) is 17.6. The molecule has 0 saturated carbocycles. The summed E-state index contributed by atoms with van der Waals surface area (Å²) in [6, 6.07) is 13.6. The van der Waals surface area contributed by atoms with Crippen molar-refractivity contribution >= 4 is 116 Å². The number of aromatic nitrogens is 2. The topological polar surface area (TPSA) is 400 Å². The molecule has 5 heterocycles. The molecule has 3 aliphatic heterocycles. The molecule has 2 aromatic heterocycles. The highest BCUT2D eigenvalue weighted by molar-refractivity contribution is 7.98. The number of benzene rings is 4. The summed E-state index contributed by atoms with van der Waals surface area (Å²) in [6.07, 6.45) is 3.31. The van der Waals surface area contributed by atoms with Gasteiger partial charge < -0.3 is 68.4 Å². The number of hydrogen-bond acceptors (Lipinski definition) is 16. The maximum atomic E-state index is 15.2. The Morgan fingerprint density at radius 2 is 1.34 bits per heavy atom. The van der Waals surface area contributed by atoms with Gasteiger partial charge in [0.05, 0.1) is 19.0 Å². The monoisotopic (exact) mass is 1380 g/mol. The van der Waals surface area contributed by atoms with E-state index < -0.39 is 156 Å². The third kappa shape index (κ3) is 19.3. The van der Waals surface area contributed by atoms with E-state index in [0.717, 1.165) is 11.1 Å². The van der Waals surface area contributed by atoms with Crippen molar-refractivity contribution in [3.8, 4) is 5.75 Å². The van der Waals surface area contributed by atoms with Crippen molar-refractivity contribution < 1.29 is 71.7 Å². The number of hydrogen-bond donors (Lipinski definition) is 12. The summed E-state index contributed by atoms with van der Waals surface area (Å²) in [5.41, 5.74) is 14.7. The fraction of sp³-hybridized carbons (Fsp3) is 0.391. The molecule has 8 amide bonds. The molecule has 6 aromatic rings. The zero-order valence-corrected chi connectivity index (χ0v) is 55.3. The van der Waals surface area contributed by atoms with Crippen LogP contribution in [0.2, 0.25) is 0 Å². The number of nitrogens with one attached hydrogen (secondary N) is 8. The molecule has 25 nitrogen and oxygen atoms in total. The number of halogens is 2. The van der Waals surface area contributed by atoms with Gasteiger partial charge in [0.2, 0.25) is 47.3 Å². The fourth-order valence-electron chi connectivity index (χ4n) is 12.3. The second kappa shape index (κ2) is 33.5. The molecular weight excluding hydrogens is 1310 g/mol. The molecular formula is C69H78F2N12O13S2. The third-order valence-corrected chi connectivity index (χ3v) is 19.8. The lowest BCUT2D eigenvalue weighted by Gasteiger charge is -2.37. The first-order chi connectivity index (χ1) is 46.9. The minimum Gasteiger partial charge on any atom is -0.508 e. The van der Waals surface area contributed by atoms with E-state index >= 15 is 19.2 Å². The van der Waals surface area contributed by atoms with Crippen molar-refractivity contribution in [3.05, 3.63) is 149 Å². The Balaban J connectivity index is 1.05. The average molecular weight is 1390 g/mol. The first-order valence-electron chi connectivity index (χ1n) is 32.0. The van der Waals surface area contributed by atoms with Crippen LogP contribution in [0.5, 0.6) is 5.75 Å². The number of phenolic OH excluding ortho intramolecular Hbond substituents is 1. The maximum absolute atomic E-state index is 15.2. The van der Waals surface area contributed by atoms with Crippen molar-refractivity contribution in [2.75, 3.05) is 31.1 Å². The van der Waals surface area contributed by atoms with Gasteiger partial charge in [-0.05, 0) is 115 Å². The number of carbonyl (C=O) groups excluding carboxylic acids is 10. The molecule has 98 heavy (non-hydrogen) atoms. The normalized spacial score (nSPS) is 23.8. The van der Waals surface area contributed by atoms with Crippen LogP contribution in [0, 0.1) is 23.5 Å². The van der Waals surface area contributed by atoms with Gasteiger partial charge in [0.1, 0.15) is 47.1 Å². The number of carboxylic acid groups (broad SMARTS) is 1. The number of Topliss-reactive ketones (excluding diaryl/α,β-unsaturated/α-hetero) is 2. The number of phenols is 1. The summed E-state index contributed by atoms with van der Waals surface area (Å²) in [6.45, 7) is 0.571. The van der Waals surface area contributed by atoms with E-state index in [1.54, 1.807) is 6.21 Å². The van der Waals surface area contributed by atoms with E-state index in [4.69, 9.17) is 11.5 Å². The van der Waals surface area contributed by atoms with Crippen LogP contribution in [-0.4, -0.2) is 163 Å². The van der Waals surface area contributed by atoms with Crippen LogP contribution < -0.4 is 43.4 Å². The first kappa shape index (κ1) is 72.5. The molecule has 14 N–H and O–H groups in total. The Kier molecular flexibility index (Phi) is 24.8. The lowest BCUT2D eigenvalue weighted by molar-refractivity contribution is -0.147. The number of primary amides is 1. The second-order valence-electron chi connectivity index (χ2n) is 24.9. The number of thioether (sulfide) groups is 2. The molecule has 0 aliphatic carbocycles. The standard InChI is InChI=1S/C69H78F2N12O13S2/c1-69-16-3-18-83(69)67(95)56(22-38-6-10-48(84)11-7-38)81-63(91)42(21-39-14-17-74-31-39)26-59(86)54(29-61(88)89)79-66(94)55(25-45-33-76-53-13-9-47(71)28-51(45)53)80-64(92)43(23-44-32-75-52-12-8-46(70)27-50(44)52)24-49(85)34-77-65(93)57(30-72)78-60(87)15-19-97-35-40-4-2-5-41(20-40)36-98-37-58(62(73)90)82-68(69)96/h2,4-13,17,20,27-28,31-33,42-43,54-58,75-76,84H,3,14-16,18-19,21-26,29-30,34-37,72H2,1H3,(H2,73,90)(H,77,93)(H,78,87)(H,79,94)(H,80,92)(H,81,91)(H,82,96)(H,88,89)/t42-,43-,54+,55+,56+,57-,58+,69+/m1/s1. The summed E-state index contributed by atoms with van der Waals surface area (Å²) >= 11 is 2.78. The Bertz CT molecular complexity index is 4070. The number of allylic oxidation sites excluding steroid dienone is 1. The lowest BCUT2D eigenvalue weighted by atomic mass is 9.89. The number of carboxylic acids is 1. The summed E-state index contributed by atoms with van der Waals surface area (Å²) in [7, 11) is 0. The Morgan fingerprint density at radius 3 is 1.97 bits per heavy atom. The molecule has 3 aliphatic rings. The number of rotatable bonds is 12. The largest absolute Gasteiger partial charge is 0.508 e. The van der Waals surface area contributed by atoms with Crippen LogP contribution in [0.25, 0.3) is 21.8 Å². The van der Waals surface area contributed by atoms with Crippen LogP contribution in [0.15, 0.2) is 114 Å². The second-order valence-corrected chi connectivity index (χ2v) is 27.0. The number of aliphatic carboxylic acids is 1. The van der Waals surface area contributed by atoms with Crippen molar-refractivity contribution in [2.45, 2.75) is 125 Å². The number of H-pyrrole nitrogens is 2. The number of aromatic hydroxyl groups is 1. The molecule has 9 rings (SSSR count). The Hall–Kier alpha value is -9.74. The maximum Gasteiger partial charge on any atom is 0.305 e. The number of aliphatic imine (C=N–C) groups is 1.